The topological polar surface area (TPSA) is 3.24 Å². The third-order valence-electron chi connectivity index (χ3n) is 16.6. The molecule has 0 aliphatic heterocycles. The molecule has 0 atom stereocenters. The molecule has 1 spiro atoms. The van der Waals surface area contributed by atoms with Crippen LogP contribution in [0.15, 0.2) is 297 Å². The van der Waals surface area contributed by atoms with Gasteiger partial charge in [0.2, 0.25) is 0 Å². The van der Waals surface area contributed by atoms with Crippen LogP contribution in [0.25, 0.3) is 66.8 Å². The summed E-state index contributed by atoms with van der Waals surface area (Å²) in [5, 5.41) is 0. The van der Waals surface area contributed by atoms with Crippen molar-refractivity contribution in [2.24, 2.45) is 0 Å². The van der Waals surface area contributed by atoms with Gasteiger partial charge in [-0.2, -0.15) is 0 Å². The second kappa shape index (κ2) is 17.0. The molecule has 0 bridgehead atoms. The minimum absolute atomic E-state index is 0.426. The molecule has 12 aromatic carbocycles. The highest BCUT2D eigenvalue weighted by molar-refractivity contribution is 5.99. The molecule has 0 aromatic heterocycles. The van der Waals surface area contributed by atoms with Crippen LogP contribution in [0, 0.1) is 0 Å². The molecule has 12 aromatic rings. The first kappa shape index (κ1) is 43.1. The molecule has 1 heteroatoms. The van der Waals surface area contributed by atoms with Gasteiger partial charge in [0.15, 0.2) is 0 Å². The molecule has 350 valence electrons. The van der Waals surface area contributed by atoms with E-state index in [2.05, 4.69) is 302 Å². The Labute approximate surface area is 439 Å². The monoisotopic (exact) mass is 951 g/mol. The van der Waals surface area contributed by atoms with Gasteiger partial charge in [0, 0.05) is 16.9 Å². The molecule has 0 unspecified atom stereocenters. The van der Waals surface area contributed by atoms with Crippen LogP contribution in [0.2, 0.25) is 0 Å². The van der Waals surface area contributed by atoms with E-state index >= 15 is 0 Å². The first-order valence-corrected chi connectivity index (χ1v) is 26.2. The van der Waals surface area contributed by atoms with Gasteiger partial charge in [-0.05, 0) is 148 Å². The highest BCUT2D eigenvalue weighted by atomic mass is 15.1. The predicted octanol–water partition coefficient (Wildman–Crippen LogP) is 18.9. The molecule has 1 nitrogen and oxygen atoms in total. The number of benzene rings is 12. The Morgan fingerprint density at radius 3 is 1.12 bits per heavy atom. The van der Waals surface area contributed by atoms with Crippen molar-refractivity contribution >= 4 is 17.1 Å². The zero-order valence-electron chi connectivity index (χ0n) is 41.2. The van der Waals surface area contributed by atoms with E-state index in [1.165, 1.54) is 100 Å². The van der Waals surface area contributed by atoms with Crippen molar-refractivity contribution in [2.45, 2.75) is 10.8 Å². The van der Waals surface area contributed by atoms with Gasteiger partial charge in [-0.25, -0.2) is 0 Å². The number of nitrogens with zero attached hydrogens (tertiary/aromatic N) is 1. The normalized spacial score (nSPS) is 13.5. The maximum absolute atomic E-state index is 2.51. The number of fused-ring (bicyclic) bond motifs is 13. The molecule has 0 saturated carbocycles. The molecule has 0 radical (unpaired) electrons. The van der Waals surface area contributed by atoms with E-state index in [0.29, 0.717) is 0 Å². The van der Waals surface area contributed by atoms with E-state index in [1.54, 1.807) is 0 Å². The molecule has 3 aliphatic carbocycles. The van der Waals surface area contributed by atoms with Crippen molar-refractivity contribution in [3.05, 3.63) is 342 Å². The number of rotatable bonds is 8. The average molecular weight is 952 g/mol. The lowest BCUT2D eigenvalue weighted by atomic mass is 9.67. The molecule has 0 saturated heterocycles. The summed E-state index contributed by atoms with van der Waals surface area (Å²) in [7, 11) is 0. The van der Waals surface area contributed by atoms with Gasteiger partial charge in [0.05, 0.1) is 16.5 Å². The van der Waals surface area contributed by atoms with E-state index in [4.69, 9.17) is 0 Å². The summed E-state index contributed by atoms with van der Waals surface area (Å²) in [5.41, 5.74) is 27.4. The first-order valence-electron chi connectivity index (χ1n) is 26.2. The molecular formula is C74H49N. The molecular weight excluding hydrogens is 903 g/mol. The summed E-state index contributed by atoms with van der Waals surface area (Å²) in [6.45, 7) is 0. The molecule has 3 aliphatic rings. The Kier molecular flexibility index (Phi) is 9.77. The minimum Gasteiger partial charge on any atom is -0.310 e. The second-order valence-electron chi connectivity index (χ2n) is 20.3. The summed E-state index contributed by atoms with van der Waals surface area (Å²) in [5.74, 6) is 0. The smallest absolute Gasteiger partial charge is 0.0725 e. The van der Waals surface area contributed by atoms with Gasteiger partial charge < -0.3 is 4.90 Å². The van der Waals surface area contributed by atoms with Gasteiger partial charge in [-0.3, -0.25) is 0 Å². The van der Waals surface area contributed by atoms with Crippen molar-refractivity contribution < 1.29 is 0 Å². The standard InChI is InChI=1S/C74H49N/c1-5-21-50(22-6-1)52-37-41-57(42-38-52)75(58-43-44-63-61-31-13-17-33-66(61)73(71(63)49-58,55-25-9-3-10-26-55)56-27-11-4-12-28-56)72-46-40-53(51-23-7-2-8-24-51)47-64(72)54-39-45-70-65(48-54)62-32-16-20-36-69(62)74(70)67-34-18-14-29-59(67)60-30-15-19-35-68(60)74/h1-49H. The van der Waals surface area contributed by atoms with Crippen molar-refractivity contribution in [2.75, 3.05) is 4.90 Å². The van der Waals surface area contributed by atoms with Crippen LogP contribution in [0.3, 0.4) is 0 Å². The molecule has 0 amide bonds. The maximum atomic E-state index is 2.51. The fraction of sp³-hybridized carbons (Fsp3) is 0.0270. The van der Waals surface area contributed by atoms with Crippen LogP contribution in [-0.2, 0) is 10.8 Å². The largest absolute Gasteiger partial charge is 0.310 e. The van der Waals surface area contributed by atoms with Gasteiger partial charge >= 0.3 is 0 Å². The second-order valence-corrected chi connectivity index (χ2v) is 20.3. The fourth-order valence-electron chi connectivity index (χ4n) is 13.5. The van der Waals surface area contributed by atoms with E-state index in [9.17, 15) is 0 Å². The Morgan fingerprint density at radius 1 is 0.200 bits per heavy atom. The SMILES string of the molecule is c1ccc(-c2ccc(N(c3ccc4c(c3)C(c3ccccc3)(c3ccccc3)c3ccccc3-4)c3ccc(-c4ccccc4)cc3-c3ccc4c(c3)-c3ccccc3C43c4ccccc4-c4ccccc43)cc2)cc1. The maximum Gasteiger partial charge on any atom is 0.0725 e. The van der Waals surface area contributed by atoms with Crippen molar-refractivity contribution in [1.82, 2.24) is 0 Å². The van der Waals surface area contributed by atoms with Gasteiger partial charge in [-0.1, -0.05) is 255 Å². The number of anilines is 3. The Hall–Kier alpha value is -9.56. The predicted molar refractivity (Wildman–Crippen MR) is 311 cm³/mol. The molecule has 0 heterocycles. The van der Waals surface area contributed by atoms with Crippen molar-refractivity contribution in [3.8, 4) is 66.8 Å². The Morgan fingerprint density at radius 2 is 0.573 bits per heavy atom. The zero-order chi connectivity index (χ0) is 49.5. The third-order valence-corrected chi connectivity index (χ3v) is 16.6. The molecule has 0 N–H and O–H groups in total. The van der Waals surface area contributed by atoms with Crippen molar-refractivity contribution in [1.29, 1.82) is 0 Å². The van der Waals surface area contributed by atoms with E-state index in [-0.39, 0.29) is 0 Å². The lowest BCUT2D eigenvalue weighted by molar-refractivity contribution is 0.768. The summed E-state index contributed by atoms with van der Waals surface area (Å²) in [6.07, 6.45) is 0. The quantitative estimate of drug-likeness (QED) is 0.147. The van der Waals surface area contributed by atoms with Gasteiger partial charge in [0.1, 0.15) is 0 Å². The van der Waals surface area contributed by atoms with Crippen LogP contribution in [-0.4, -0.2) is 0 Å². The number of hydrogen-bond acceptors (Lipinski definition) is 1. The van der Waals surface area contributed by atoms with Crippen LogP contribution in [0.5, 0.6) is 0 Å². The lowest BCUT2D eigenvalue weighted by Gasteiger charge is -2.35. The van der Waals surface area contributed by atoms with Gasteiger partial charge in [0.25, 0.3) is 0 Å². The van der Waals surface area contributed by atoms with Crippen LogP contribution >= 0.6 is 0 Å². The Bertz CT molecular complexity index is 4070. The van der Waals surface area contributed by atoms with E-state index in [0.717, 1.165) is 28.2 Å². The lowest BCUT2D eigenvalue weighted by Crippen LogP contribution is -2.28. The molecule has 15 rings (SSSR count). The summed E-state index contributed by atoms with van der Waals surface area (Å²) >= 11 is 0. The molecule has 0 fully saturated rings. The first-order chi connectivity index (χ1) is 37.2. The van der Waals surface area contributed by atoms with Crippen LogP contribution < -0.4 is 4.90 Å². The van der Waals surface area contributed by atoms with E-state index < -0.39 is 10.8 Å². The highest BCUT2D eigenvalue weighted by Gasteiger charge is 2.52. The Balaban J connectivity index is 0.990. The van der Waals surface area contributed by atoms with Crippen LogP contribution in [0.1, 0.15) is 44.5 Å². The number of hydrogen-bond donors (Lipinski definition) is 0. The highest BCUT2D eigenvalue weighted by Crippen LogP contribution is 2.64. The average Bonchev–Trinajstić information content (AvgIpc) is 4.28. The van der Waals surface area contributed by atoms with Crippen LogP contribution in [0.4, 0.5) is 17.1 Å². The summed E-state index contributed by atoms with van der Waals surface area (Å²) in [4.78, 5) is 2.51. The van der Waals surface area contributed by atoms with E-state index in [1.807, 2.05) is 0 Å². The van der Waals surface area contributed by atoms with Gasteiger partial charge in [-0.15, -0.1) is 0 Å². The fourth-order valence-corrected chi connectivity index (χ4v) is 13.5. The summed E-state index contributed by atoms with van der Waals surface area (Å²) < 4.78 is 0. The summed E-state index contributed by atoms with van der Waals surface area (Å²) in [6, 6.07) is 111. The van der Waals surface area contributed by atoms with Crippen molar-refractivity contribution in [3.63, 3.8) is 0 Å². The zero-order valence-corrected chi connectivity index (χ0v) is 41.2. The molecule has 75 heavy (non-hydrogen) atoms. The third kappa shape index (κ3) is 6.32. The minimum atomic E-state index is -0.561.